The van der Waals surface area contributed by atoms with E-state index in [9.17, 15) is 28.4 Å². The molecule has 3 N–H and O–H groups in total. The van der Waals surface area contributed by atoms with E-state index in [1.807, 2.05) is 0 Å². The van der Waals surface area contributed by atoms with Crippen LogP contribution in [-0.2, 0) is 6.18 Å². The fourth-order valence-electron chi connectivity index (χ4n) is 1.77. The van der Waals surface area contributed by atoms with E-state index in [4.69, 9.17) is 5.11 Å². The molecule has 2 aromatic carbocycles. The molecule has 0 fully saturated rings. The maximum atomic E-state index is 12.6. The lowest BCUT2D eigenvalue weighted by molar-refractivity contribution is -0.384. The summed E-state index contributed by atoms with van der Waals surface area (Å²) in [5.74, 6) is -0.460. The monoisotopic (exact) mass is 341 g/mol. The Morgan fingerprint density at radius 2 is 1.88 bits per heavy atom. The summed E-state index contributed by atoms with van der Waals surface area (Å²) in [6, 6.07) is 5.63. The minimum atomic E-state index is -4.70. The fraction of sp³-hybridized carbons (Fsp3) is 0.0714. The Labute approximate surface area is 132 Å². The molecule has 0 unspecified atom stereocenters. The Morgan fingerprint density at radius 1 is 1.17 bits per heavy atom. The van der Waals surface area contributed by atoms with Gasteiger partial charge in [0.15, 0.2) is 0 Å². The molecule has 0 aromatic heterocycles. The number of hydrazone groups is 1. The van der Waals surface area contributed by atoms with Crippen molar-refractivity contribution in [3.05, 3.63) is 57.6 Å². The van der Waals surface area contributed by atoms with Gasteiger partial charge in [-0.05, 0) is 24.3 Å². The average molecular weight is 341 g/mol. The number of nitro benzene ring substituents is 1. The number of anilines is 1. The maximum Gasteiger partial charge on any atom is 0.416 e. The molecule has 0 radical (unpaired) electrons. The smallest absolute Gasteiger partial charge is 0.416 e. The van der Waals surface area contributed by atoms with Crippen LogP contribution in [0.2, 0.25) is 0 Å². The number of aromatic hydroxyl groups is 2. The van der Waals surface area contributed by atoms with Crippen LogP contribution >= 0.6 is 0 Å². The number of benzene rings is 2. The van der Waals surface area contributed by atoms with Crippen molar-refractivity contribution < 1.29 is 28.3 Å². The highest BCUT2D eigenvalue weighted by molar-refractivity contribution is 5.84. The standard InChI is InChI=1S/C14H10F3N3O4/c15-14(16,17)9-2-4-11(12(5-9)20(23)24)19-18-7-8-1-3-10(21)6-13(8)22/h1-7,19,21-22H/b18-7-. The Hall–Kier alpha value is -3.30. The number of rotatable bonds is 4. The summed E-state index contributed by atoms with van der Waals surface area (Å²) in [7, 11) is 0. The zero-order chi connectivity index (χ0) is 17.9. The molecule has 0 heterocycles. The molecule has 126 valence electrons. The van der Waals surface area contributed by atoms with Crippen molar-refractivity contribution in [3.8, 4) is 11.5 Å². The largest absolute Gasteiger partial charge is 0.508 e. The van der Waals surface area contributed by atoms with Crippen molar-refractivity contribution in [3.63, 3.8) is 0 Å². The molecule has 0 aliphatic carbocycles. The molecule has 0 atom stereocenters. The highest BCUT2D eigenvalue weighted by Gasteiger charge is 2.33. The van der Waals surface area contributed by atoms with Crippen LogP contribution < -0.4 is 5.43 Å². The van der Waals surface area contributed by atoms with Crippen molar-refractivity contribution in [2.75, 3.05) is 5.43 Å². The summed E-state index contributed by atoms with van der Waals surface area (Å²) < 4.78 is 37.8. The summed E-state index contributed by atoms with van der Waals surface area (Å²) in [6.45, 7) is 0. The fourth-order valence-corrected chi connectivity index (χ4v) is 1.77. The number of nitrogens with one attached hydrogen (secondary N) is 1. The number of phenols is 2. The molecule has 0 bridgehead atoms. The maximum absolute atomic E-state index is 12.6. The first kappa shape index (κ1) is 17.1. The van der Waals surface area contributed by atoms with Crippen LogP contribution in [0.25, 0.3) is 0 Å². The molecule has 10 heteroatoms. The van der Waals surface area contributed by atoms with Gasteiger partial charge in [-0.15, -0.1) is 0 Å². The highest BCUT2D eigenvalue weighted by atomic mass is 19.4. The van der Waals surface area contributed by atoms with Gasteiger partial charge in [-0.25, -0.2) is 0 Å². The quantitative estimate of drug-likeness (QED) is 0.448. The van der Waals surface area contributed by atoms with Crippen molar-refractivity contribution in [1.82, 2.24) is 0 Å². The number of nitro groups is 1. The first-order chi connectivity index (χ1) is 11.2. The van der Waals surface area contributed by atoms with Crippen LogP contribution in [0, 0.1) is 10.1 Å². The van der Waals surface area contributed by atoms with E-state index in [0.29, 0.717) is 12.1 Å². The van der Waals surface area contributed by atoms with Gasteiger partial charge in [0, 0.05) is 17.7 Å². The number of phenolic OH excluding ortho intramolecular Hbond substituents is 2. The van der Waals surface area contributed by atoms with E-state index in [0.717, 1.165) is 18.3 Å². The number of hydrogen-bond donors (Lipinski definition) is 3. The Bertz CT molecular complexity index is 806. The van der Waals surface area contributed by atoms with Crippen molar-refractivity contribution in [2.45, 2.75) is 6.18 Å². The van der Waals surface area contributed by atoms with Crippen LogP contribution in [-0.4, -0.2) is 21.4 Å². The third-order valence-electron chi connectivity index (χ3n) is 2.92. The van der Waals surface area contributed by atoms with Crippen LogP contribution in [0.15, 0.2) is 41.5 Å². The van der Waals surface area contributed by atoms with Gasteiger partial charge in [0.05, 0.1) is 16.7 Å². The Balaban J connectivity index is 2.26. The Morgan fingerprint density at radius 3 is 2.46 bits per heavy atom. The molecule has 0 aliphatic rings. The van der Waals surface area contributed by atoms with Gasteiger partial charge in [-0.1, -0.05) is 0 Å². The zero-order valence-electron chi connectivity index (χ0n) is 11.8. The SMILES string of the molecule is O=[N+]([O-])c1cc(C(F)(F)F)ccc1N/N=C\c1ccc(O)cc1O. The Kier molecular flexibility index (Phi) is 4.58. The second-order valence-corrected chi connectivity index (χ2v) is 4.60. The molecule has 2 aromatic rings. The van der Waals surface area contributed by atoms with E-state index >= 15 is 0 Å². The van der Waals surface area contributed by atoms with Gasteiger partial charge in [0.1, 0.15) is 17.2 Å². The third-order valence-corrected chi connectivity index (χ3v) is 2.92. The molecule has 0 saturated carbocycles. The second-order valence-electron chi connectivity index (χ2n) is 4.60. The summed E-state index contributed by atoms with van der Waals surface area (Å²) in [4.78, 5) is 9.94. The lowest BCUT2D eigenvalue weighted by Crippen LogP contribution is -2.06. The molecule has 7 nitrogen and oxygen atoms in total. The topological polar surface area (TPSA) is 108 Å². The summed E-state index contributed by atoms with van der Waals surface area (Å²) in [5.41, 5.74) is 0.245. The molecular formula is C14H10F3N3O4. The van der Waals surface area contributed by atoms with Gasteiger partial charge in [0.25, 0.3) is 5.69 Å². The highest BCUT2D eigenvalue weighted by Crippen LogP contribution is 2.35. The predicted octanol–water partition coefficient (Wildman–Crippen LogP) is 3.47. The summed E-state index contributed by atoms with van der Waals surface area (Å²) in [5, 5.41) is 33.2. The minimum Gasteiger partial charge on any atom is -0.508 e. The third kappa shape index (κ3) is 3.91. The van der Waals surface area contributed by atoms with Crippen LogP contribution in [0.4, 0.5) is 24.5 Å². The molecule has 0 saturated heterocycles. The predicted molar refractivity (Wildman–Crippen MR) is 79.1 cm³/mol. The average Bonchev–Trinajstić information content (AvgIpc) is 2.48. The van der Waals surface area contributed by atoms with Gasteiger partial charge in [-0.3, -0.25) is 15.5 Å². The van der Waals surface area contributed by atoms with Crippen LogP contribution in [0.3, 0.4) is 0 Å². The molecule has 24 heavy (non-hydrogen) atoms. The van der Waals surface area contributed by atoms with E-state index in [1.165, 1.54) is 12.1 Å². The number of nitrogens with zero attached hydrogens (tertiary/aromatic N) is 2. The van der Waals surface area contributed by atoms with Crippen LogP contribution in [0.1, 0.15) is 11.1 Å². The number of hydrogen-bond acceptors (Lipinski definition) is 6. The first-order valence-electron chi connectivity index (χ1n) is 6.35. The van der Waals surface area contributed by atoms with Gasteiger partial charge in [-0.2, -0.15) is 18.3 Å². The van der Waals surface area contributed by atoms with Crippen LogP contribution in [0.5, 0.6) is 11.5 Å². The second kappa shape index (κ2) is 6.44. The lowest BCUT2D eigenvalue weighted by atomic mass is 10.1. The molecular weight excluding hydrogens is 331 g/mol. The van der Waals surface area contributed by atoms with Crippen molar-refractivity contribution in [1.29, 1.82) is 0 Å². The molecule has 2 rings (SSSR count). The first-order valence-corrected chi connectivity index (χ1v) is 6.35. The number of alkyl halides is 3. The van der Waals surface area contributed by atoms with Gasteiger partial charge in [0.2, 0.25) is 0 Å². The van der Waals surface area contributed by atoms with E-state index in [-0.39, 0.29) is 22.7 Å². The summed E-state index contributed by atoms with van der Waals surface area (Å²) >= 11 is 0. The molecule has 0 aliphatic heterocycles. The minimum absolute atomic E-state index is 0.170. The normalized spacial score (nSPS) is 11.6. The van der Waals surface area contributed by atoms with Gasteiger partial charge >= 0.3 is 6.18 Å². The van der Waals surface area contributed by atoms with Gasteiger partial charge < -0.3 is 10.2 Å². The lowest BCUT2D eigenvalue weighted by Gasteiger charge is -2.08. The molecule has 0 amide bonds. The molecule has 0 spiro atoms. The van der Waals surface area contributed by atoms with E-state index < -0.39 is 22.4 Å². The van der Waals surface area contributed by atoms with E-state index in [2.05, 4.69) is 10.5 Å². The number of halogens is 3. The zero-order valence-corrected chi connectivity index (χ0v) is 11.8. The van der Waals surface area contributed by atoms with Crippen molar-refractivity contribution in [2.24, 2.45) is 5.10 Å². The van der Waals surface area contributed by atoms with E-state index in [1.54, 1.807) is 0 Å². The van der Waals surface area contributed by atoms with Crippen molar-refractivity contribution >= 4 is 17.6 Å². The summed E-state index contributed by atoms with van der Waals surface area (Å²) in [6.07, 6.45) is -3.61.